The number of ether oxygens (including phenoxy) is 3. The van der Waals surface area contributed by atoms with Crippen LogP contribution in [0.25, 0.3) is 21.3 Å². The number of benzene rings is 3. The molecule has 2 aromatic heterocycles. The maximum Gasteiger partial charge on any atom is 0.338 e. The molecule has 0 spiro atoms. The number of carbonyl (C=O) groups is 2. The third-order valence-electron chi connectivity index (χ3n) is 6.05. The van der Waals surface area contributed by atoms with Gasteiger partial charge in [-0.25, -0.2) is 14.4 Å². The van der Waals surface area contributed by atoms with E-state index in [0.29, 0.717) is 26.9 Å². The van der Waals surface area contributed by atoms with Gasteiger partial charge in [0.2, 0.25) is 0 Å². The lowest BCUT2D eigenvalue weighted by molar-refractivity contribution is -0.0624. The van der Waals surface area contributed by atoms with Gasteiger partial charge in [0.1, 0.15) is 30.7 Å². The zero-order valence-electron chi connectivity index (χ0n) is 21.1. The summed E-state index contributed by atoms with van der Waals surface area (Å²) in [7, 11) is 0. The lowest BCUT2D eigenvalue weighted by Gasteiger charge is -2.19. The van der Waals surface area contributed by atoms with E-state index in [-0.39, 0.29) is 19.9 Å². The highest BCUT2D eigenvalue weighted by molar-refractivity contribution is 7.17. The second-order valence-corrected chi connectivity index (χ2v) is 9.61. The summed E-state index contributed by atoms with van der Waals surface area (Å²) in [5, 5.41) is 1.81. The molecular weight excluding hydrogens is 532 g/mol. The number of esters is 2. The normalized spacial score (nSPS) is 11.0. The van der Waals surface area contributed by atoms with Crippen LogP contribution in [0.2, 0.25) is 0 Å². The first-order valence-corrected chi connectivity index (χ1v) is 13.2. The van der Waals surface area contributed by atoms with Gasteiger partial charge in [-0.1, -0.05) is 66.7 Å². The number of H-pyrrole nitrogens is 1. The van der Waals surface area contributed by atoms with Crippen molar-refractivity contribution in [2.24, 2.45) is 0 Å². The van der Waals surface area contributed by atoms with Gasteiger partial charge in [0, 0.05) is 10.9 Å². The number of fused-ring (bicyclic) bond motifs is 1. The van der Waals surface area contributed by atoms with E-state index in [9.17, 15) is 19.2 Å². The van der Waals surface area contributed by atoms with Crippen molar-refractivity contribution in [2.75, 3.05) is 13.2 Å². The zero-order valence-corrected chi connectivity index (χ0v) is 22.0. The fourth-order valence-corrected chi connectivity index (χ4v) is 5.00. The summed E-state index contributed by atoms with van der Waals surface area (Å²) in [6.45, 7) is -0.780. The molecule has 5 aromatic rings. The molecule has 3 aromatic carbocycles. The molecule has 0 atom stereocenters. The van der Waals surface area contributed by atoms with Crippen LogP contribution in [0.4, 0.5) is 0 Å². The second kappa shape index (κ2) is 12.4. The quantitative estimate of drug-likeness (QED) is 0.252. The number of aromatic nitrogens is 2. The van der Waals surface area contributed by atoms with Gasteiger partial charge in [-0.05, 0) is 29.8 Å². The smallest absolute Gasteiger partial charge is 0.338 e. The van der Waals surface area contributed by atoms with Crippen LogP contribution < -0.4 is 11.2 Å². The minimum absolute atomic E-state index is 0.244. The van der Waals surface area contributed by atoms with Gasteiger partial charge in [0.05, 0.1) is 16.6 Å². The average Bonchev–Trinajstić information content (AvgIpc) is 3.44. The second-order valence-electron chi connectivity index (χ2n) is 8.73. The number of hydrogen-bond donors (Lipinski definition) is 1. The Morgan fingerprint density at radius 3 is 1.85 bits per heavy atom. The standard InChI is InChI=1S/C30H24N2O7S/c33-27-26-25(24(18-40-26)20-10-4-1-5-11-20)32(30(36)31-27)19-39-23(16-37-28(34)21-12-6-2-7-13-21)17-38-29(35)22-14-8-3-9-15-22/h1-15,18,23H,16-17,19H2,(H,31,33,36). The highest BCUT2D eigenvalue weighted by Gasteiger charge is 2.20. The molecule has 0 saturated heterocycles. The Morgan fingerprint density at radius 1 is 0.775 bits per heavy atom. The minimum Gasteiger partial charge on any atom is -0.459 e. The number of carbonyl (C=O) groups excluding carboxylic acids is 2. The minimum atomic E-state index is -0.909. The van der Waals surface area contributed by atoms with Crippen LogP contribution in [0.5, 0.6) is 0 Å². The largest absolute Gasteiger partial charge is 0.459 e. The number of rotatable bonds is 10. The van der Waals surface area contributed by atoms with Crippen molar-refractivity contribution in [2.45, 2.75) is 12.8 Å². The monoisotopic (exact) mass is 556 g/mol. The highest BCUT2D eigenvalue weighted by atomic mass is 32.1. The van der Waals surface area contributed by atoms with Crippen molar-refractivity contribution < 1.29 is 23.8 Å². The van der Waals surface area contributed by atoms with E-state index in [1.165, 1.54) is 15.9 Å². The molecule has 0 saturated carbocycles. The summed E-state index contributed by atoms with van der Waals surface area (Å²) >= 11 is 1.22. The molecule has 40 heavy (non-hydrogen) atoms. The molecule has 0 fully saturated rings. The van der Waals surface area contributed by atoms with Crippen LogP contribution in [0, 0.1) is 0 Å². The van der Waals surface area contributed by atoms with Gasteiger partial charge in [-0.15, -0.1) is 11.3 Å². The maximum absolute atomic E-state index is 12.9. The third kappa shape index (κ3) is 6.09. The van der Waals surface area contributed by atoms with Crippen LogP contribution in [-0.2, 0) is 20.9 Å². The predicted molar refractivity (Wildman–Crippen MR) is 150 cm³/mol. The molecule has 0 amide bonds. The number of nitrogens with zero attached hydrogens (tertiary/aromatic N) is 1. The summed E-state index contributed by atoms with van der Waals surface area (Å²) in [6.07, 6.45) is -0.909. The van der Waals surface area contributed by atoms with Gasteiger partial charge in [-0.2, -0.15) is 0 Å². The Kier molecular flexibility index (Phi) is 8.29. The van der Waals surface area contributed by atoms with Gasteiger partial charge in [-0.3, -0.25) is 14.3 Å². The van der Waals surface area contributed by atoms with E-state index in [2.05, 4.69) is 4.98 Å². The molecule has 0 aliphatic heterocycles. The SMILES string of the molecule is O=C(OCC(COC(=O)c1ccccc1)OCn1c(=O)[nH]c(=O)c2scc(-c3ccccc3)c21)c1ccccc1. The molecule has 0 unspecified atom stereocenters. The summed E-state index contributed by atoms with van der Waals surface area (Å²) in [5.74, 6) is -1.15. The zero-order chi connectivity index (χ0) is 27.9. The fraction of sp³-hybridized carbons (Fsp3) is 0.133. The van der Waals surface area contributed by atoms with Gasteiger partial charge >= 0.3 is 17.6 Å². The van der Waals surface area contributed by atoms with Crippen molar-refractivity contribution >= 4 is 33.5 Å². The fourth-order valence-electron chi connectivity index (χ4n) is 4.03. The van der Waals surface area contributed by atoms with E-state index >= 15 is 0 Å². The molecule has 10 heteroatoms. The Bertz CT molecular complexity index is 1670. The first-order valence-electron chi connectivity index (χ1n) is 12.4. The molecule has 0 aliphatic rings. The van der Waals surface area contributed by atoms with E-state index in [1.807, 2.05) is 35.7 Å². The van der Waals surface area contributed by atoms with Crippen LogP contribution in [0.3, 0.4) is 0 Å². The van der Waals surface area contributed by atoms with Crippen LogP contribution in [-0.4, -0.2) is 40.8 Å². The predicted octanol–water partition coefficient (Wildman–Crippen LogP) is 4.48. The molecule has 1 N–H and O–H groups in total. The molecule has 5 rings (SSSR count). The van der Waals surface area contributed by atoms with Gasteiger partial charge in [0.15, 0.2) is 0 Å². The summed E-state index contributed by atoms with van der Waals surface area (Å²) in [4.78, 5) is 52.9. The number of hydrogen-bond acceptors (Lipinski definition) is 8. The molecule has 0 aliphatic carbocycles. The van der Waals surface area contributed by atoms with Crippen molar-refractivity contribution in [1.29, 1.82) is 0 Å². The number of thiophene rings is 1. The summed E-state index contributed by atoms with van der Waals surface area (Å²) in [5.41, 5.74) is 1.51. The Balaban J connectivity index is 1.39. The van der Waals surface area contributed by atoms with Crippen molar-refractivity contribution in [3.63, 3.8) is 0 Å². The molecule has 0 radical (unpaired) electrons. The number of aromatic amines is 1. The molecule has 2 heterocycles. The first kappa shape index (κ1) is 26.8. The first-order chi connectivity index (χ1) is 19.5. The lowest BCUT2D eigenvalue weighted by atomic mass is 10.1. The molecule has 9 nitrogen and oxygen atoms in total. The van der Waals surface area contributed by atoms with E-state index in [0.717, 1.165) is 5.56 Å². The Hall–Kier alpha value is -4.80. The Morgan fingerprint density at radius 2 is 1.30 bits per heavy atom. The Labute approximate surface area is 232 Å². The van der Waals surface area contributed by atoms with E-state index in [4.69, 9.17) is 14.2 Å². The molecular formula is C30H24N2O7S. The third-order valence-corrected chi connectivity index (χ3v) is 7.02. The lowest BCUT2D eigenvalue weighted by Crippen LogP contribution is -2.34. The average molecular weight is 557 g/mol. The maximum atomic E-state index is 12.9. The van der Waals surface area contributed by atoms with E-state index < -0.39 is 29.3 Å². The van der Waals surface area contributed by atoms with Crippen molar-refractivity contribution in [3.8, 4) is 11.1 Å². The van der Waals surface area contributed by atoms with Crippen molar-refractivity contribution in [1.82, 2.24) is 9.55 Å². The molecule has 0 bridgehead atoms. The van der Waals surface area contributed by atoms with Gasteiger partial charge in [0.25, 0.3) is 5.56 Å². The summed E-state index contributed by atoms with van der Waals surface area (Å²) < 4.78 is 18.5. The van der Waals surface area contributed by atoms with Crippen LogP contribution >= 0.6 is 11.3 Å². The molecule has 202 valence electrons. The topological polar surface area (TPSA) is 117 Å². The number of nitrogens with one attached hydrogen (secondary N) is 1. The van der Waals surface area contributed by atoms with E-state index in [1.54, 1.807) is 60.7 Å². The van der Waals surface area contributed by atoms with Crippen LogP contribution in [0.15, 0.2) is 106 Å². The highest BCUT2D eigenvalue weighted by Crippen LogP contribution is 2.31. The van der Waals surface area contributed by atoms with Crippen LogP contribution in [0.1, 0.15) is 20.7 Å². The van der Waals surface area contributed by atoms with Gasteiger partial charge < -0.3 is 14.2 Å². The summed E-state index contributed by atoms with van der Waals surface area (Å²) in [6, 6.07) is 26.2. The van der Waals surface area contributed by atoms with Crippen molar-refractivity contribution in [3.05, 3.63) is 128 Å².